The van der Waals surface area contributed by atoms with E-state index >= 15 is 0 Å². The van der Waals surface area contributed by atoms with Crippen LogP contribution in [0.25, 0.3) is 5.69 Å². The fourth-order valence-electron chi connectivity index (χ4n) is 3.67. The number of aromatic nitrogens is 2. The van der Waals surface area contributed by atoms with Crippen molar-refractivity contribution in [3.05, 3.63) is 81.2 Å². The maximum Gasteiger partial charge on any atom is 0.226 e. The molecule has 2 aliphatic rings. The molecule has 0 radical (unpaired) electrons. The van der Waals surface area contributed by atoms with Crippen molar-refractivity contribution in [2.24, 2.45) is 0 Å². The average Bonchev–Trinajstić information content (AvgIpc) is 2.99. The summed E-state index contributed by atoms with van der Waals surface area (Å²) < 4.78 is 13.7. The van der Waals surface area contributed by atoms with Gasteiger partial charge in [0.15, 0.2) is 0 Å². The van der Waals surface area contributed by atoms with E-state index in [1.54, 1.807) is 12.3 Å². The molecule has 4 nitrogen and oxygen atoms in total. The SMILES string of the molecule is Cc1nn(-c2ccccc2)c2c1C1C(=CO2)COc2c(Cl)cc(Cl)cc21. The third-order valence-electron chi connectivity index (χ3n) is 4.78. The van der Waals surface area contributed by atoms with Gasteiger partial charge in [0.2, 0.25) is 5.88 Å². The van der Waals surface area contributed by atoms with Gasteiger partial charge in [0.25, 0.3) is 0 Å². The third kappa shape index (κ3) is 2.26. The lowest BCUT2D eigenvalue weighted by Crippen LogP contribution is -2.23. The molecule has 0 saturated heterocycles. The van der Waals surface area contributed by atoms with Gasteiger partial charge in [-0.25, -0.2) is 4.68 Å². The Labute approximate surface area is 160 Å². The Bertz CT molecular complexity index is 1060. The van der Waals surface area contributed by atoms with Crippen molar-refractivity contribution >= 4 is 23.2 Å². The Balaban J connectivity index is 1.74. The van der Waals surface area contributed by atoms with E-state index in [0.29, 0.717) is 28.3 Å². The topological polar surface area (TPSA) is 36.3 Å². The average molecular weight is 385 g/mol. The molecule has 0 spiro atoms. The lowest BCUT2D eigenvalue weighted by molar-refractivity contribution is 0.306. The molecule has 3 heterocycles. The Morgan fingerprint density at radius 2 is 1.96 bits per heavy atom. The first-order valence-electron chi connectivity index (χ1n) is 8.26. The van der Waals surface area contributed by atoms with Crippen molar-refractivity contribution in [3.63, 3.8) is 0 Å². The van der Waals surface area contributed by atoms with Crippen LogP contribution in [-0.4, -0.2) is 16.4 Å². The summed E-state index contributed by atoms with van der Waals surface area (Å²) in [6, 6.07) is 13.6. The first-order valence-corrected chi connectivity index (χ1v) is 9.01. The van der Waals surface area contributed by atoms with Crippen LogP contribution >= 0.6 is 23.2 Å². The molecular formula is C20H14Cl2N2O2. The Morgan fingerprint density at radius 1 is 1.15 bits per heavy atom. The van der Waals surface area contributed by atoms with E-state index in [9.17, 15) is 0 Å². The van der Waals surface area contributed by atoms with Crippen molar-refractivity contribution in [2.45, 2.75) is 12.8 Å². The van der Waals surface area contributed by atoms with Gasteiger partial charge in [-0.3, -0.25) is 0 Å². The number of benzene rings is 2. The Hall–Kier alpha value is -2.43. The molecule has 1 unspecified atom stereocenters. The normalized spacial score (nSPS) is 17.3. The number of para-hydroxylation sites is 1. The van der Waals surface area contributed by atoms with Crippen LogP contribution in [0.1, 0.15) is 22.7 Å². The first kappa shape index (κ1) is 15.8. The summed E-state index contributed by atoms with van der Waals surface area (Å²) in [5, 5.41) is 5.83. The van der Waals surface area contributed by atoms with Crippen molar-refractivity contribution in [3.8, 4) is 17.3 Å². The van der Waals surface area contributed by atoms with E-state index in [1.807, 2.05) is 48.0 Å². The Morgan fingerprint density at radius 3 is 2.77 bits per heavy atom. The minimum atomic E-state index is -0.0313. The van der Waals surface area contributed by atoms with Crippen molar-refractivity contribution < 1.29 is 9.47 Å². The summed E-state index contributed by atoms with van der Waals surface area (Å²) in [5.41, 5.74) is 4.85. The predicted molar refractivity (Wildman–Crippen MR) is 101 cm³/mol. The fourth-order valence-corrected chi connectivity index (χ4v) is 4.23. The smallest absolute Gasteiger partial charge is 0.226 e. The van der Waals surface area contributed by atoms with Crippen molar-refractivity contribution in [1.29, 1.82) is 0 Å². The van der Waals surface area contributed by atoms with Gasteiger partial charge in [-0.15, -0.1) is 0 Å². The van der Waals surface area contributed by atoms with Gasteiger partial charge in [-0.2, -0.15) is 5.10 Å². The highest BCUT2D eigenvalue weighted by Crippen LogP contribution is 2.50. The number of hydrogen-bond donors (Lipinski definition) is 0. The van der Waals surface area contributed by atoms with E-state index in [4.69, 9.17) is 37.8 Å². The monoisotopic (exact) mass is 384 g/mol. The first-order chi connectivity index (χ1) is 12.6. The van der Waals surface area contributed by atoms with Crippen LogP contribution in [0.3, 0.4) is 0 Å². The Kier molecular flexibility index (Phi) is 3.52. The van der Waals surface area contributed by atoms with E-state index < -0.39 is 0 Å². The lowest BCUT2D eigenvalue weighted by atomic mass is 9.82. The summed E-state index contributed by atoms with van der Waals surface area (Å²) >= 11 is 12.6. The largest absolute Gasteiger partial charge is 0.487 e. The molecule has 0 aliphatic carbocycles. The predicted octanol–water partition coefficient (Wildman–Crippen LogP) is 5.29. The highest BCUT2D eigenvalue weighted by molar-refractivity contribution is 6.35. The second-order valence-electron chi connectivity index (χ2n) is 6.39. The van der Waals surface area contributed by atoms with Crippen LogP contribution in [-0.2, 0) is 0 Å². The highest BCUT2D eigenvalue weighted by Gasteiger charge is 2.38. The molecule has 0 N–H and O–H groups in total. The van der Waals surface area contributed by atoms with Crippen LogP contribution < -0.4 is 9.47 Å². The van der Waals surface area contributed by atoms with E-state index in [2.05, 4.69) is 0 Å². The van der Waals surface area contributed by atoms with Gasteiger partial charge in [0, 0.05) is 27.6 Å². The molecule has 2 aromatic carbocycles. The van der Waals surface area contributed by atoms with E-state index in [0.717, 1.165) is 28.1 Å². The number of aryl methyl sites for hydroxylation is 1. The van der Waals surface area contributed by atoms with Crippen LogP contribution in [0.4, 0.5) is 0 Å². The molecule has 0 bridgehead atoms. The molecule has 0 saturated carbocycles. The number of nitrogens with zero attached hydrogens (tertiary/aromatic N) is 2. The molecule has 0 amide bonds. The van der Waals surface area contributed by atoms with Crippen molar-refractivity contribution in [2.75, 3.05) is 6.61 Å². The summed E-state index contributed by atoms with van der Waals surface area (Å²) in [5.74, 6) is 1.36. The molecule has 1 aromatic heterocycles. The fraction of sp³-hybridized carbons (Fsp3) is 0.150. The lowest BCUT2D eigenvalue weighted by Gasteiger charge is -2.32. The zero-order chi connectivity index (χ0) is 17.8. The zero-order valence-electron chi connectivity index (χ0n) is 13.9. The minimum absolute atomic E-state index is 0.0313. The van der Waals surface area contributed by atoms with Crippen molar-refractivity contribution in [1.82, 2.24) is 9.78 Å². The molecule has 0 fully saturated rings. The van der Waals surface area contributed by atoms with Gasteiger partial charge in [0.1, 0.15) is 12.4 Å². The molecule has 2 aliphatic heterocycles. The third-order valence-corrected chi connectivity index (χ3v) is 5.27. The van der Waals surface area contributed by atoms with E-state index in [1.165, 1.54) is 0 Å². The standard InChI is InChI=1S/C20H14Cl2N2O2/c1-11-17-18-12(9-25-19-15(18)7-13(21)8-16(19)22)10-26-20(17)24(23-11)14-5-3-2-4-6-14/h2-8,10,18H,9H2,1H3. The van der Waals surface area contributed by atoms with Gasteiger partial charge in [0.05, 0.1) is 22.7 Å². The second kappa shape index (κ2) is 5.79. The summed E-state index contributed by atoms with van der Waals surface area (Å²) in [4.78, 5) is 0. The van der Waals surface area contributed by atoms with Gasteiger partial charge < -0.3 is 9.47 Å². The highest BCUT2D eigenvalue weighted by atomic mass is 35.5. The van der Waals surface area contributed by atoms with Crippen LogP contribution in [0.15, 0.2) is 54.3 Å². The molecule has 3 aromatic rings. The molecule has 6 heteroatoms. The number of fused-ring (bicyclic) bond motifs is 5. The zero-order valence-corrected chi connectivity index (χ0v) is 15.4. The van der Waals surface area contributed by atoms with Crippen LogP contribution in [0.5, 0.6) is 11.6 Å². The maximum atomic E-state index is 6.37. The summed E-state index contributed by atoms with van der Waals surface area (Å²) in [6.07, 6.45) is 1.76. The molecule has 130 valence electrons. The summed E-state index contributed by atoms with van der Waals surface area (Å²) in [7, 11) is 0. The van der Waals surface area contributed by atoms with Gasteiger partial charge in [-0.1, -0.05) is 41.4 Å². The van der Waals surface area contributed by atoms with E-state index in [-0.39, 0.29) is 5.92 Å². The molecule has 26 heavy (non-hydrogen) atoms. The van der Waals surface area contributed by atoms with Gasteiger partial charge in [-0.05, 0) is 31.2 Å². The molecule has 1 atom stereocenters. The minimum Gasteiger partial charge on any atom is -0.487 e. The summed E-state index contributed by atoms with van der Waals surface area (Å²) in [6.45, 7) is 2.42. The number of hydrogen-bond acceptors (Lipinski definition) is 3. The maximum absolute atomic E-state index is 6.37. The van der Waals surface area contributed by atoms with Gasteiger partial charge >= 0.3 is 0 Å². The number of halogens is 2. The number of rotatable bonds is 1. The van der Waals surface area contributed by atoms with Crippen LogP contribution in [0, 0.1) is 6.92 Å². The number of ether oxygens (including phenoxy) is 2. The second-order valence-corrected chi connectivity index (χ2v) is 7.23. The molecule has 5 rings (SSSR count). The quantitative estimate of drug-likeness (QED) is 0.571. The molecular weight excluding hydrogens is 371 g/mol. The van der Waals surface area contributed by atoms with Crippen LogP contribution in [0.2, 0.25) is 10.0 Å².